The molecule has 1 amide bonds. The van der Waals surface area contributed by atoms with E-state index in [4.69, 9.17) is 15.7 Å². The summed E-state index contributed by atoms with van der Waals surface area (Å²) in [6, 6.07) is 6.71. The zero-order valence-electron chi connectivity index (χ0n) is 12.0. The summed E-state index contributed by atoms with van der Waals surface area (Å²) < 4.78 is 5.02. The van der Waals surface area contributed by atoms with E-state index >= 15 is 0 Å². The molecule has 0 spiro atoms. The van der Waals surface area contributed by atoms with Crippen molar-refractivity contribution >= 4 is 11.7 Å². The van der Waals surface area contributed by atoms with Crippen molar-refractivity contribution in [2.45, 2.75) is 19.9 Å². The van der Waals surface area contributed by atoms with Crippen LogP contribution in [0.1, 0.15) is 29.8 Å². The Morgan fingerprint density at radius 3 is 2.35 bits per heavy atom. The number of amides is 1. The first-order valence-electron chi connectivity index (χ1n) is 6.39. The van der Waals surface area contributed by atoms with Crippen molar-refractivity contribution in [3.63, 3.8) is 0 Å². The number of hydrogen-bond donors (Lipinski definition) is 2. The third-order valence-corrected chi connectivity index (χ3v) is 2.96. The molecule has 1 aromatic rings. The first-order valence-corrected chi connectivity index (χ1v) is 6.39. The molecule has 0 aromatic heterocycles. The Kier molecular flexibility index (Phi) is 5.99. The van der Waals surface area contributed by atoms with Crippen LogP contribution in [0.2, 0.25) is 0 Å². The van der Waals surface area contributed by atoms with E-state index in [0.29, 0.717) is 24.3 Å². The highest BCUT2D eigenvalue weighted by Crippen LogP contribution is 2.10. The van der Waals surface area contributed by atoms with Gasteiger partial charge in [0.15, 0.2) is 5.84 Å². The lowest BCUT2D eigenvalue weighted by Crippen LogP contribution is -2.39. The number of benzene rings is 1. The molecule has 0 aliphatic carbocycles. The predicted octanol–water partition coefficient (Wildman–Crippen LogP) is 1.28. The average Bonchev–Trinajstić information content (AvgIpc) is 2.46. The summed E-state index contributed by atoms with van der Waals surface area (Å²) >= 11 is 0. The topological polar surface area (TPSA) is 88.2 Å². The van der Waals surface area contributed by atoms with Crippen molar-refractivity contribution in [1.82, 2.24) is 4.90 Å². The van der Waals surface area contributed by atoms with Gasteiger partial charge in [0, 0.05) is 30.8 Å². The highest BCUT2D eigenvalue weighted by atomic mass is 16.5. The van der Waals surface area contributed by atoms with Crippen molar-refractivity contribution in [3.05, 3.63) is 35.4 Å². The SMILES string of the molecule is COCCN(C(=O)c1ccc(/C(N)=N/O)cc1)C(C)C. The standard InChI is InChI=1S/C14H21N3O3/c1-10(2)17(8-9-20-3)14(18)12-6-4-11(5-7-12)13(15)16-19/h4-7,10,19H,8-9H2,1-3H3,(H2,15,16). The van der Waals surface area contributed by atoms with Crippen LogP contribution in [0, 0.1) is 0 Å². The number of ether oxygens (including phenoxy) is 1. The Balaban J connectivity index is 2.89. The fraction of sp³-hybridized carbons (Fsp3) is 0.429. The lowest BCUT2D eigenvalue weighted by atomic mass is 10.1. The number of carbonyl (C=O) groups excluding carboxylic acids is 1. The van der Waals surface area contributed by atoms with E-state index in [-0.39, 0.29) is 17.8 Å². The summed E-state index contributed by atoms with van der Waals surface area (Å²) in [6.45, 7) is 4.94. The Bertz CT molecular complexity index is 469. The third kappa shape index (κ3) is 3.96. The molecule has 0 saturated heterocycles. The number of oxime groups is 1. The first-order chi connectivity index (χ1) is 9.51. The molecule has 0 aliphatic rings. The van der Waals surface area contributed by atoms with Crippen LogP contribution in [0.25, 0.3) is 0 Å². The van der Waals surface area contributed by atoms with Crippen LogP contribution >= 0.6 is 0 Å². The van der Waals surface area contributed by atoms with Crippen LogP contribution in [0.3, 0.4) is 0 Å². The molecular weight excluding hydrogens is 258 g/mol. The minimum Gasteiger partial charge on any atom is -0.409 e. The number of nitrogens with zero attached hydrogens (tertiary/aromatic N) is 2. The van der Waals surface area contributed by atoms with Crippen molar-refractivity contribution < 1.29 is 14.7 Å². The van der Waals surface area contributed by atoms with Gasteiger partial charge >= 0.3 is 0 Å². The second kappa shape index (κ2) is 7.49. The van der Waals surface area contributed by atoms with Gasteiger partial charge < -0.3 is 20.6 Å². The number of hydrogen-bond acceptors (Lipinski definition) is 4. The summed E-state index contributed by atoms with van der Waals surface area (Å²) in [6.07, 6.45) is 0. The summed E-state index contributed by atoms with van der Waals surface area (Å²) in [5.74, 6) is -0.0489. The van der Waals surface area contributed by atoms with E-state index in [1.165, 1.54) is 0 Å². The summed E-state index contributed by atoms with van der Waals surface area (Å²) in [7, 11) is 1.61. The van der Waals surface area contributed by atoms with Gasteiger partial charge in [-0.2, -0.15) is 0 Å². The number of rotatable bonds is 6. The lowest BCUT2D eigenvalue weighted by molar-refractivity contribution is 0.0635. The van der Waals surface area contributed by atoms with Crippen LogP contribution < -0.4 is 5.73 Å². The molecule has 0 atom stereocenters. The van der Waals surface area contributed by atoms with Crippen molar-refractivity contribution in [2.24, 2.45) is 10.9 Å². The van der Waals surface area contributed by atoms with E-state index in [1.54, 1.807) is 36.3 Å². The maximum absolute atomic E-state index is 12.4. The maximum atomic E-state index is 12.4. The van der Waals surface area contributed by atoms with Crippen LogP contribution in [0.5, 0.6) is 0 Å². The van der Waals surface area contributed by atoms with Gasteiger partial charge in [0.25, 0.3) is 5.91 Å². The third-order valence-electron chi connectivity index (χ3n) is 2.96. The molecule has 0 fully saturated rings. The molecule has 0 saturated carbocycles. The molecule has 0 bridgehead atoms. The molecule has 20 heavy (non-hydrogen) atoms. The zero-order valence-corrected chi connectivity index (χ0v) is 12.0. The molecule has 1 rings (SSSR count). The molecule has 0 aliphatic heterocycles. The molecule has 0 unspecified atom stereocenters. The van der Waals surface area contributed by atoms with Crippen molar-refractivity contribution in [3.8, 4) is 0 Å². The highest BCUT2D eigenvalue weighted by Gasteiger charge is 2.18. The summed E-state index contributed by atoms with van der Waals surface area (Å²) in [5.41, 5.74) is 6.61. The second-order valence-corrected chi connectivity index (χ2v) is 4.65. The van der Waals surface area contributed by atoms with Crippen LogP contribution in [-0.4, -0.2) is 48.2 Å². The van der Waals surface area contributed by atoms with Gasteiger partial charge in [0.05, 0.1) is 6.61 Å². The predicted molar refractivity (Wildman–Crippen MR) is 77.0 cm³/mol. The van der Waals surface area contributed by atoms with E-state index < -0.39 is 0 Å². The molecule has 110 valence electrons. The van der Waals surface area contributed by atoms with Gasteiger partial charge in [-0.3, -0.25) is 4.79 Å². The Morgan fingerprint density at radius 2 is 1.90 bits per heavy atom. The Morgan fingerprint density at radius 1 is 1.35 bits per heavy atom. The highest BCUT2D eigenvalue weighted by molar-refractivity contribution is 5.99. The maximum Gasteiger partial charge on any atom is 0.254 e. The van der Waals surface area contributed by atoms with Crippen molar-refractivity contribution in [1.29, 1.82) is 0 Å². The minimum atomic E-state index is -0.0666. The molecule has 0 radical (unpaired) electrons. The van der Waals surface area contributed by atoms with E-state index in [9.17, 15) is 4.79 Å². The molecule has 1 aromatic carbocycles. The van der Waals surface area contributed by atoms with Gasteiger partial charge in [-0.25, -0.2) is 0 Å². The van der Waals surface area contributed by atoms with Gasteiger partial charge in [-0.15, -0.1) is 0 Å². The van der Waals surface area contributed by atoms with E-state index in [0.717, 1.165) is 0 Å². The van der Waals surface area contributed by atoms with Crippen LogP contribution in [-0.2, 0) is 4.74 Å². The molecule has 6 nitrogen and oxygen atoms in total. The first kappa shape index (κ1) is 16.0. The van der Waals surface area contributed by atoms with Gasteiger partial charge in [0.1, 0.15) is 0 Å². The fourth-order valence-corrected chi connectivity index (χ4v) is 1.79. The molecule has 3 N–H and O–H groups in total. The largest absolute Gasteiger partial charge is 0.409 e. The number of carbonyl (C=O) groups is 1. The average molecular weight is 279 g/mol. The monoisotopic (exact) mass is 279 g/mol. The Labute approximate surface area is 118 Å². The number of amidine groups is 1. The van der Waals surface area contributed by atoms with E-state index in [1.807, 2.05) is 13.8 Å². The number of nitrogens with two attached hydrogens (primary N) is 1. The van der Waals surface area contributed by atoms with Crippen molar-refractivity contribution in [2.75, 3.05) is 20.3 Å². The van der Waals surface area contributed by atoms with Crippen LogP contribution in [0.15, 0.2) is 29.4 Å². The summed E-state index contributed by atoms with van der Waals surface area (Å²) in [4.78, 5) is 14.1. The molecule has 6 heteroatoms. The Hall–Kier alpha value is -2.08. The quantitative estimate of drug-likeness (QED) is 0.355. The van der Waals surface area contributed by atoms with Crippen LogP contribution in [0.4, 0.5) is 0 Å². The van der Waals surface area contributed by atoms with E-state index in [2.05, 4.69) is 5.16 Å². The normalized spacial score (nSPS) is 11.7. The zero-order chi connectivity index (χ0) is 15.1. The molecular formula is C14H21N3O3. The lowest BCUT2D eigenvalue weighted by Gasteiger charge is -2.26. The fourth-order valence-electron chi connectivity index (χ4n) is 1.79. The minimum absolute atomic E-state index is 0.0177. The van der Waals surface area contributed by atoms with Gasteiger partial charge in [-0.05, 0) is 26.0 Å². The van der Waals surface area contributed by atoms with Gasteiger partial charge in [-0.1, -0.05) is 17.3 Å². The second-order valence-electron chi connectivity index (χ2n) is 4.65. The smallest absolute Gasteiger partial charge is 0.254 e. The molecule has 0 heterocycles. The summed E-state index contributed by atoms with van der Waals surface area (Å²) in [5, 5.41) is 11.5. The van der Waals surface area contributed by atoms with Gasteiger partial charge in [0.2, 0.25) is 0 Å². The number of methoxy groups -OCH3 is 1.